The van der Waals surface area contributed by atoms with Gasteiger partial charge in [-0.3, -0.25) is 14.4 Å². The van der Waals surface area contributed by atoms with Crippen LogP contribution in [0.4, 0.5) is 11.4 Å². The normalized spacial score (nSPS) is 14.5. The van der Waals surface area contributed by atoms with E-state index in [2.05, 4.69) is 14.9 Å². The number of imide groups is 1. The van der Waals surface area contributed by atoms with Crippen molar-refractivity contribution in [3.63, 3.8) is 0 Å². The standard InChI is InChI=1S/C30H26N4O3/c1-18-6-7-19(2)26(15-18)34-29(36)24-13-10-21(16-25(24)30(34)37)28(35)32-22-11-8-20(9-12-22)27-31-17-23-5-3-4-14-33(23)27/h6-13,15-17H,3-5,14H2,1-2H3,(H,32,35). The molecule has 0 unspecified atom stereocenters. The molecule has 7 heteroatoms. The summed E-state index contributed by atoms with van der Waals surface area (Å²) in [6.45, 7) is 4.76. The van der Waals surface area contributed by atoms with Crippen LogP contribution in [0.5, 0.6) is 0 Å². The minimum absolute atomic E-state index is 0.234. The van der Waals surface area contributed by atoms with Crippen LogP contribution in [-0.4, -0.2) is 27.3 Å². The van der Waals surface area contributed by atoms with Gasteiger partial charge in [-0.05, 0) is 92.8 Å². The minimum Gasteiger partial charge on any atom is -0.328 e. The Labute approximate surface area is 214 Å². The number of rotatable bonds is 4. The van der Waals surface area contributed by atoms with Crippen molar-refractivity contribution in [2.45, 2.75) is 39.7 Å². The second-order valence-electron chi connectivity index (χ2n) is 9.71. The number of imidazole rings is 1. The van der Waals surface area contributed by atoms with Gasteiger partial charge in [-0.2, -0.15) is 0 Å². The van der Waals surface area contributed by atoms with E-state index >= 15 is 0 Å². The van der Waals surface area contributed by atoms with Crippen LogP contribution in [0.2, 0.25) is 0 Å². The second kappa shape index (κ2) is 8.85. The lowest BCUT2D eigenvalue weighted by Crippen LogP contribution is -2.30. The molecule has 2 aliphatic rings. The Kier molecular flexibility index (Phi) is 5.48. The van der Waals surface area contributed by atoms with Crippen molar-refractivity contribution in [3.05, 3.63) is 100 Å². The number of nitrogens with zero attached hydrogens (tertiary/aromatic N) is 3. The van der Waals surface area contributed by atoms with Crippen LogP contribution in [-0.2, 0) is 13.0 Å². The molecule has 0 fully saturated rings. The summed E-state index contributed by atoms with van der Waals surface area (Å²) in [5.74, 6) is -0.199. The monoisotopic (exact) mass is 490 g/mol. The van der Waals surface area contributed by atoms with Crippen molar-refractivity contribution >= 4 is 29.1 Å². The molecule has 0 spiro atoms. The molecular weight excluding hydrogens is 464 g/mol. The Morgan fingerprint density at radius 1 is 0.892 bits per heavy atom. The van der Waals surface area contributed by atoms with Crippen LogP contribution in [0.1, 0.15) is 60.7 Å². The molecule has 3 amide bonds. The number of amides is 3. The Morgan fingerprint density at radius 3 is 2.49 bits per heavy atom. The van der Waals surface area contributed by atoms with Crippen molar-refractivity contribution in [2.75, 3.05) is 10.2 Å². The molecule has 3 aromatic carbocycles. The first-order chi connectivity index (χ1) is 17.9. The minimum atomic E-state index is -0.421. The zero-order valence-corrected chi connectivity index (χ0v) is 20.7. The molecule has 0 aliphatic carbocycles. The van der Waals surface area contributed by atoms with Crippen LogP contribution in [0.3, 0.4) is 0 Å². The van der Waals surface area contributed by atoms with Crippen LogP contribution in [0, 0.1) is 13.8 Å². The van der Waals surface area contributed by atoms with Crippen molar-refractivity contribution < 1.29 is 14.4 Å². The van der Waals surface area contributed by atoms with E-state index < -0.39 is 5.91 Å². The highest BCUT2D eigenvalue weighted by Crippen LogP contribution is 2.32. The average molecular weight is 491 g/mol. The molecule has 0 saturated carbocycles. The molecule has 2 aliphatic heterocycles. The number of hydrogen-bond acceptors (Lipinski definition) is 4. The second-order valence-corrected chi connectivity index (χ2v) is 9.71. The van der Waals surface area contributed by atoms with E-state index in [1.807, 2.05) is 62.5 Å². The van der Waals surface area contributed by atoms with E-state index in [1.54, 1.807) is 12.1 Å². The van der Waals surface area contributed by atoms with E-state index in [9.17, 15) is 14.4 Å². The number of carbonyl (C=O) groups excluding carboxylic acids is 3. The van der Waals surface area contributed by atoms with Crippen molar-refractivity contribution in [2.24, 2.45) is 0 Å². The van der Waals surface area contributed by atoms with Gasteiger partial charge in [0, 0.05) is 35.2 Å². The lowest BCUT2D eigenvalue weighted by atomic mass is 10.1. The summed E-state index contributed by atoms with van der Waals surface area (Å²) < 4.78 is 2.27. The molecule has 0 radical (unpaired) electrons. The van der Waals surface area contributed by atoms with Gasteiger partial charge in [-0.15, -0.1) is 0 Å². The summed E-state index contributed by atoms with van der Waals surface area (Å²) in [5.41, 5.74) is 6.10. The highest BCUT2D eigenvalue weighted by molar-refractivity contribution is 6.35. The zero-order valence-electron chi connectivity index (χ0n) is 20.7. The van der Waals surface area contributed by atoms with E-state index in [1.165, 1.54) is 23.1 Å². The number of fused-ring (bicyclic) bond motifs is 2. The number of aryl methyl sites for hydroxylation is 3. The fourth-order valence-electron chi connectivity index (χ4n) is 5.13. The smallest absolute Gasteiger partial charge is 0.266 e. The summed E-state index contributed by atoms with van der Waals surface area (Å²) >= 11 is 0. The van der Waals surface area contributed by atoms with E-state index in [-0.39, 0.29) is 17.4 Å². The number of carbonyl (C=O) groups is 3. The maximum atomic E-state index is 13.2. The van der Waals surface area contributed by atoms with Gasteiger partial charge in [0.2, 0.25) is 0 Å². The molecule has 1 N–H and O–H groups in total. The highest BCUT2D eigenvalue weighted by Gasteiger charge is 2.37. The maximum Gasteiger partial charge on any atom is 0.266 e. The predicted molar refractivity (Wildman–Crippen MR) is 142 cm³/mol. The molecule has 4 aromatic rings. The third kappa shape index (κ3) is 3.93. The first-order valence-electron chi connectivity index (χ1n) is 12.5. The van der Waals surface area contributed by atoms with E-state index in [0.29, 0.717) is 22.5 Å². The molecule has 0 atom stereocenters. The molecule has 6 rings (SSSR count). The number of hydrogen-bond donors (Lipinski definition) is 1. The maximum absolute atomic E-state index is 13.2. The fourth-order valence-corrected chi connectivity index (χ4v) is 5.13. The zero-order chi connectivity index (χ0) is 25.7. The first kappa shape index (κ1) is 22.9. The average Bonchev–Trinajstić information content (AvgIpc) is 3.44. The van der Waals surface area contributed by atoms with Gasteiger partial charge in [0.15, 0.2) is 0 Å². The molecule has 0 bridgehead atoms. The molecular formula is C30H26N4O3. The summed E-state index contributed by atoms with van der Waals surface area (Å²) in [7, 11) is 0. The summed E-state index contributed by atoms with van der Waals surface area (Å²) in [6.07, 6.45) is 5.35. The molecule has 37 heavy (non-hydrogen) atoms. The van der Waals surface area contributed by atoms with Gasteiger partial charge < -0.3 is 9.88 Å². The van der Waals surface area contributed by atoms with E-state index in [4.69, 9.17) is 0 Å². The predicted octanol–water partition coefficient (Wildman–Crippen LogP) is 5.56. The van der Waals surface area contributed by atoms with Crippen LogP contribution < -0.4 is 10.2 Å². The molecule has 7 nitrogen and oxygen atoms in total. The third-order valence-corrected chi connectivity index (χ3v) is 7.16. The van der Waals surface area contributed by atoms with Crippen LogP contribution >= 0.6 is 0 Å². The Balaban J connectivity index is 1.22. The molecule has 1 aromatic heterocycles. The van der Waals surface area contributed by atoms with E-state index in [0.717, 1.165) is 41.9 Å². The van der Waals surface area contributed by atoms with Gasteiger partial charge in [0.05, 0.1) is 16.8 Å². The van der Waals surface area contributed by atoms with Gasteiger partial charge in [-0.25, -0.2) is 9.88 Å². The van der Waals surface area contributed by atoms with Crippen molar-refractivity contribution in [1.29, 1.82) is 0 Å². The fraction of sp³-hybridized carbons (Fsp3) is 0.200. The Hall–Kier alpha value is -4.52. The molecule has 184 valence electrons. The van der Waals surface area contributed by atoms with Crippen LogP contribution in [0.25, 0.3) is 11.4 Å². The number of benzene rings is 3. The number of anilines is 2. The largest absolute Gasteiger partial charge is 0.328 e. The number of aromatic nitrogens is 2. The van der Waals surface area contributed by atoms with Crippen LogP contribution in [0.15, 0.2) is 66.9 Å². The Morgan fingerprint density at radius 2 is 1.68 bits per heavy atom. The Bertz CT molecular complexity index is 1580. The lowest BCUT2D eigenvalue weighted by molar-refractivity contribution is 0.0925. The quantitative estimate of drug-likeness (QED) is 0.380. The topological polar surface area (TPSA) is 84.3 Å². The van der Waals surface area contributed by atoms with Crippen molar-refractivity contribution in [1.82, 2.24) is 9.55 Å². The first-order valence-corrected chi connectivity index (χ1v) is 12.5. The highest BCUT2D eigenvalue weighted by atomic mass is 16.2. The van der Waals surface area contributed by atoms with Crippen molar-refractivity contribution in [3.8, 4) is 11.4 Å². The van der Waals surface area contributed by atoms with Gasteiger partial charge in [0.1, 0.15) is 5.82 Å². The third-order valence-electron chi connectivity index (χ3n) is 7.16. The molecule has 3 heterocycles. The van der Waals surface area contributed by atoms with Gasteiger partial charge >= 0.3 is 0 Å². The number of nitrogens with one attached hydrogen (secondary N) is 1. The summed E-state index contributed by atoms with van der Waals surface area (Å²) in [6, 6.07) is 17.9. The van der Waals surface area contributed by atoms with Gasteiger partial charge in [0.25, 0.3) is 17.7 Å². The summed E-state index contributed by atoms with van der Waals surface area (Å²) in [5, 5.41) is 2.89. The SMILES string of the molecule is Cc1ccc(C)c(N2C(=O)c3ccc(C(=O)Nc4ccc(-c5ncc6n5CCCC6)cc4)cc3C2=O)c1. The van der Waals surface area contributed by atoms with Gasteiger partial charge in [-0.1, -0.05) is 12.1 Å². The summed E-state index contributed by atoms with van der Waals surface area (Å²) in [4.78, 5) is 45.1. The molecule has 0 saturated heterocycles. The lowest BCUT2D eigenvalue weighted by Gasteiger charge is -2.17.